The van der Waals surface area contributed by atoms with Crippen molar-refractivity contribution < 1.29 is 9.47 Å². The van der Waals surface area contributed by atoms with E-state index in [2.05, 4.69) is 20.3 Å². The SMILES string of the molecule is CC(C[CH]CCOC1CCCC1)C(C)OC1CCCC1. The van der Waals surface area contributed by atoms with Crippen LogP contribution >= 0.6 is 0 Å². The van der Waals surface area contributed by atoms with Crippen LogP contribution in [0.15, 0.2) is 0 Å². The van der Waals surface area contributed by atoms with Crippen molar-refractivity contribution in [3.05, 3.63) is 6.42 Å². The highest BCUT2D eigenvalue weighted by Gasteiger charge is 2.21. The van der Waals surface area contributed by atoms with Crippen LogP contribution in [0.1, 0.15) is 78.1 Å². The van der Waals surface area contributed by atoms with Crippen molar-refractivity contribution in [3.8, 4) is 0 Å². The summed E-state index contributed by atoms with van der Waals surface area (Å²) < 4.78 is 12.1. The van der Waals surface area contributed by atoms with Crippen LogP contribution in [-0.4, -0.2) is 24.9 Å². The fourth-order valence-corrected chi connectivity index (χ4v) is 3.41. The van der Waals surface area contributed by atoms with Gasteiger partial charge in [-0.1, -0.05) is 32.6 Å². The molecule has 2 fully saturated rings. The first-order chi connectivity index (χ1) is 9.75. The predicted octanol–water partition coefficient (Wildman–Crippen LogP) is 4.91. The van der Waals surface area contributed by atoms with Crippen molar-refractivity contribution in [1.29, 1.82) is 0 Å². The van der Waals surface area contributed by atoms with Gasteiger partial charge in [0.25, 0.3) is 0 Å². The normalized spacial score (nSPS) is 24.3. The summed E-state index contributed by atoms with van der Waals surface area (Å²) >= 11 is 0. The number of hydrogen-bond acceptors (Lipinski definition) is 2. The molecule has 2 rings (SSSR count). The highest BCUT2D eigenvalue weighted by molar-refractivity contribution is 4.75. The van der Waals surface area contributed by atoms with E-state index in [4.69, 9.17) is 9.47 Å². The second-order valence-corrected chi connectivity index (χ2v) is 6.82. The summed E-state index contributed by atoms with van der Waals surface area (Å²) in [5, 5.41) is 0. The molecule has 20 heavy (non-hydrogen) atoms. The second-order valence-electron chi connectivity index (χ2n) is 6.82. The third-order valence-corrected chi connectivity index (χ3v) is 5.03. The fourth-order valence-electron chi connectivity index (χ4n) is 3.41. The highest BCUT2D eigenvalue weighted by Crippen LogP contribution is 2.25. The summed E-state index contributed by atoms with van der Waals surface area (Å²) in [5.41, 5.74) is 0. The maximum Gasteiger partial charge on any atom is 0.0578 e. The van der Waals surface area contributed by atoms with Crippen LogP contribution in [0.4, 0.5) is 0 Å². The van der Waals surface area contributed by atoms with E-state index in [-0.39, 0.29) is 0 Å². The first kappa shape index (κ1) is 16.3. The average molecular weight is 281 g/mol. The Bertz CT molecular complexity index is 242. The Labute approximate surface area is 125 Å². The van der Waals surface area contributed by atoms with Gasteiger partial charge in [0.15, 0.2) is 0 Å². The van der Waals surface area contributed by atoms with Gasteiger partial charge in [0.2, 0.25) is 0 Å². The summed E-state index contributed by atoms with van der Waals surface area (Å²) in [6.45, 7) is 5.47. The maximum absolute atomic E-state index is 6.16. The van der Waals surface area contributed by atoms with Gasteiger partial charge in [-0.25, -0.2) is 0 Å². The van der Waals surface area contributed by atoms with Crippen LogP contribution in [0.2, 0.25) is 0 Å². The van der Waals surface area contributed by atoms with Crippen LogP contribution < -0.4 is 0 Å². The monoisotopic (exact) mass is 281 g/mol. The van der Waals surface area contributed by atoms with Gasteiger partial charge >= 0.3 is 0 Å². The smallest absolute Gasteiger partial charge is 0.0578 e. The van der Waals surface area contributed by atoms with Gasteiger partial charge in [-0.2, -0.15) is 0 Å². The number of rotatable bonds is 9. The van der Waals surface area contributed by atoms with Crippen molar-refractivity contribution in [1.82, 2.24) is 0 Å². The molecule has 2 nitrogen and oxygen atoms in total. The van der Waals surface area contributed by atoms with E-state index in [1.807, 2.05) is 0 Å². The molecule has 0 bridgehead atoms. The standard InChI is InChI=1S/C18H33O2/c1-15(16(2)20-18-12-5-6-13-18)9-7-8-14-19-17-10-3-4-11-17/h7,15-18H,3-6,8-14H2,1-2H3. The lowest BCUT2D eigenvalue weighted by molar-refractivity contribution is -0.0254. The van der Waals surface area contributed by atoms with Gasteiger partial charge < -0.3 is 9.47 Å². The molecule has 0 amide bonds. The minimum atomic E-state index is 0.394. The van der Waals surface area contributed by atoms with Crippen LogP contribution in [0, 0.1) is 12.3 Å². The van der Waals surface area contributed by atoms with Crippen LogP contribution in [0.3, 0.4) is 0 Å². The van der Waals surface area contributed by atoms with Crippen molar-refractivity contribution in [3.63, 3.8) is 0 Å². The lowest BCUT2D eigenvalue weighted by atomic mass is 9.99. The second kappa shape index (κ2) is 9.04. The van der Waals surface area contributed by atoms with Crippen LogP contribution in [-0.2, 0) is 9.47 Å². The van der Waals surface area contributed by atoms with Crippen LogP contribution in [0.5, 0.6) is 0 Å². The molecule has 117 valence electrons. The quantitative estimate of drug-likeness (QED) is 0.559. The molecule has 2 aliphatic carbocycles. The predicted molar refractivity (Wildman–Crippen MR) is 83.7 cm³/mol. The van der Waals surface area contributed by atoms with Crippen LogP contribution in [0.25, 0.3) is 0 Å². The van der Waals surface area contributed by atoms with Gasteiger partial charge in [-0.05, 0) is 57.8 Å². The van der Waals surface area contributed by atoms with E-state index < -0.39 is 0 Å². The minimum absolute atomic E-state index is 0.394. The Balaban J connectivity index is 1.47. The Morgan fingerprint density at radius 3 is 2.20 bits per heavy atom. The third-order valence-electron chi connectivity index (χ3n) is 5.03. The molecule has 2 saturated carbocycles. The lowest BCUT2D eigenvalue weighted by Crippen LogP contribution is -2.23. The molecule has 1 radical (unpaired) electrons. The van der Waals surface area contributed by atoms with E-state index in [0.29, 0.717) is 24.2 Å². The largest absolute Gasteiger partial charge is 0.378 e. The summed E-state index contributed by atoms with van der Waals surface area (Å²) in [6, 6.07) is 0. The molecule has 0 aromatic carbocycles. The molecule has 0 aromatic rings. The minimum Gasteiger partial charge on any atom is -0.378 e. The number of unbranched alkanes of at least 4 members (excludes halogenated alkanes) is 1. The molecular weight excluding hydrogens is 248 g/mol. The van der Waals surface area contributed by atoms with Gasteiger partial charge in [0, 0.05) is 6.61 Å². The molecule has 0 spiro atoms. The summed E-state index contributed by atoms with van der Waals surface area (Å²) in [4.78, 5) is 0. The zero-order chi connectivity index (χ0) is 14.2. The third kappa shape index (κ3) is 5.73. The fraction of sp³-hybridized carbons (Fsp3) is 0.944. The molecule has 2 heteroatoms. The lowest BCUT2D eigenvalue weighted by Gasteiger charge is -2.24. The topological polar surface area (TPSA) is 18.5 Å². The van der Waals surface area contributed by atoms with Gasteiger partial charge in [-0.15, -0.1) is 0 Å². The Hall–Kier alpha value is -0.0800. The van der Waals surface area contributed by atoms with E-state index in [9.17, 15) is 0 Å². The number of hydrogen-bond donors (Lipinski definition) is 0. The molecule has 0 saturated heterocycles. The van der Waals surface area contributed by atoms with Gasteiger partial charge in [0.1, 0.15) is 0 Å². The molecule has 0 aliphatic heterocycles. The first-order valence-electron chi connectivity index (χ1n) is 8.84. The summed E-state index contributed by atoms with van der Waals surface area (Å²) in [5.74, 6) is 0.627. The molecule has 0 heterocycles. The van der Waals surface area contributed by atoms with Crippen molar-refractivity contribution in [2.45, 2.75) is 96.4 Å². The van der Waals surface area contributed by atoms with E-state index in [1.165, 1.54) is 51.4 Å². The van der Waals surface area contributed by atoms with Crippen molar-refractivity contribution >= 4 is 0 Å². The molecular formula is C18H33O2. The summed E-state index contributed by atoms with van der Waals surface area (Å²) in [6.07, 6.45) is 16.7. The molecule has 2 atom stereocenters. The zero-order valence-electron chi connectivity index (χ0n) is 13.5. The molecule has 2 aliphatic rings. The van der Waals surface area contributed by atoms with Crippen molar-refractivity contribution in [2.24, 2.45) is 5.92 Å². The summed E-state index contributed by atoms with van der Waals surface area (Å²) in [7, 11) is 0. The number of ether oxygens (including phenoxy) is 2. The molecule has 2 unspecified atom stereocenters. The molecule has 0 N–H and O–H groups in total. The van der Waals surface area contributed by atoms with Gasteiger partial charge in [-0.3, -0.25) is 0 Å². The highest BCUT2D eigenvalue weighted by atomic mass is 16.5. The van der Waals surface area contributed by atoms with Crippen molar-refractivity contribution in [2.75, 3.05) is 6.61 Å². The van der Waals surface area contributed by atoms with E-state index in [0.717, 1.165) is 19.4 Å². The first-order valence-corrected chi connectivity index (χ1v) is 8.84. The Morgan fingerprint density at radius 2 is 1.55 bits per heavy atom. The molecule has 0 aromatic heterocycles. The van der Waals surface area contributed by atoms with E-state index in [1.54, 1.807) is 0 Å². The van der Waals surface area contributed by atoms with E-state index >= 15 is 0 Å². The zero-order valence-corrected chi connectivity index (χ0v) is 13.5. The maximum atomic E-state index is 6.16. The van der Waals surface area contributed by atoms with Gasteiger partial charge in [0.05, 0.1) is 18.3 Å². The average Bonchev–Trinajstić information content (AvgIpc) is 3.11. The Morgan fingerprint density at radius 1 is 0.950 bits per heavy atom. The Kier molecular flexibility index (Phi) is 7.37.